The van der Waals surface area contributed by atoms with E-state index in [4.69, 9.17) is 4.74 Å². The molecule has 0 radical (unpaired) electrons. The van der Waals surface area contributed by atoms with E-state index < -0.39 is 0 Å². The van der Waals surface area contributed by atoms with Crippen molar-refractivity contribution >= 4 is 11.8 Å². The first-order valence-corrected chi connectivity index (χ1v) is 5.89. The van der Waals surface area contributed by atoms with E-state index in [9.17, 15) is 9.59 Å². The van der Waals surface area contributed by atoms with Crippen molar-refractivity contribution in [3.63, 3.8) is 0 Å². The minimum absolute atomic E-state index is 0.172. The number of ether oxygens (including phenoxy) is 2. The second-order valence-electron chi connectivity index (χ2n) is 4.71. The van der Waals surface area contributed by atoms with E-state index in [2.05, 4.69) is 4.74 Å². The number of fused-ring (bicyclic) bond motifs is 1. The van der Waals surface area contributed by atoms with Crippen LogP contribution in [0.3, 0.4) is 0 Å². The quantitative estimate of drug-likeness (QED) is 0.538. The molecule has 0 bridgehead atoms. The predicted molar refractivity (Wildman–Crippen MR) is 56.9 cm³/mol. The summed E-state index contributed by atoms with van der Waals surface area (Å²) in [6.45, 7) is 2.01. The maximum Gasteiger partial charge on any atom is 0.305 e. The van der Waals surface area contributed by atoms with Crippen LogP contribution in [0, 0.1) is 5.41 Å². The lowest BCUT2D eigenvalue weighted by Gasteiger charge is -2.32. The number of epoxide rings is 1. The van der Waals surface area contributed by atoms with Gasteiger partial charge in [-0.15, -0.1) is 0 Å². The molecule has 1 saturated carbocycles. The third kappa shape index (κ3) is 1.86. The van der Waals surface area contributed by atoms with E-state index in [1.54, 1.807) is 0 Å². The molecule has 1 aliphatic carbocycles. The lowest BCUT2D eigenvalue weighted by atomic mass is 9.68. The van der Waals surface area contributed by atoms with Gasteiger partial charge < -0.3 is 9.47 Å². The second-order valence-corrected chi connectivity index (χ2v) is 4.71. The Balaban J connectivity index is 2.00. The normalized spacial score (nSPS) is 36.8. The third-order valence-electron chi connectivity index (χ3n) is 3.98. The maximum atomic E-state index is 12.1. The average molecular weight is 226 g/mol. The maximum absolute atomic E-state index is 12.1. The van der Waals surface area contributed by atoms with E-state index >= 15 is 0 Å². The summed E-state index contributed by atoms with van der Waals surface area (Å²) in [5.74, 6) is -0.0328. The molecule has 2 rings (SSSR count). The van der Waals surface area contributed by atoms with Crippen molar-refractivity contribution in [3.05, 3.63) is 0 Å². The van der Waals surface area contributed by atoms with Crippen LogP contribution in [0.1, 0.15) is 39.0 Å². The Morgan fingerprint density at radius 2 is 2.38 bits per heavy atom. The highest BCUT2D eigenvalue weighted by molar-refractivity contribution is 5.92. The molecular formula is C12H18O4. The number of carbonyl (C=O) groups is 2. The van der Waals surface area contributed by atoms with E-state index in [1.165, 1.54) is 7.11 Å². The molecular weight excluding hydrogens is 208 g/mol. The third-order valence-corrected chi connectivity index (χ3v) is 3.98. The van der Waals surface area contributed by atoms with Gasteiger partial charge in [-0.25, -0.2) is 0 Å². The fourth-order valence-electron chi connectivity index (χ4n) is 2.66. The van der Waals surface area contributed by atoms with Crippen molar-refractivity contribution in [2.45, 2.75) is 51.2 Å². The van der Waals surface area contributed by atoms with E-state index in [-0.39, 0.29) is 29.4 Å². The topological polar surface area (TPSA) is 55.9 Å². The Bertz CT molecular complexity index is 312. The van der Waals surface area contributed by atoms with Gasteiger partial charge in [0.1, 0.15) is 6.10 Å². The van der Waals surface area contributed by atoms with Gasteiger partial charge >= 0.3 is 5.97 Å². The van der Waals surface area contributed by atoms with Crippen molar-refractivity contribution in [3.8, 4) is 0 Å². The second kappa shape index (κ2) is 4.17. The van der Waals surface area contributed by atoms with Gasteiger partial charge in [0.2, 0.25) is 0 Å². The minimum Gasteiger partial charge on any atom is -0.469 e. The molecule has 1 saturated heterocycles. The number of rotatable bonds is 4. The standard InChI is InChI=1S/C12H18O4/c1-3-12(7-5-9(13)15-2)6-4-8-10(16-8)11(12)14/h8,10H,3-7H2,1-2H3/t8?,10?,12-/m0/s1. The zero-order chi connectivity index (χ0) is 11.8. The van der Waals surface area contributed by atoms with Crippen LogP contribution in [0.25, 0.3) is 0 Å². The SMILES string of the molecule is CC[C@@]1(CCC(=O)OC)CCC2OC2C1=O. The van der Waals surface area contributed by atoms with Gasteiger partial charge in [0.05, 0.1) is 13.2 Å². The van der Waals surface area contributed by atoms with Crippen molar-refractivity contribution < 1.29 is 19.1 Å². The summed E-state index contributed by atoms with van der Waals surface area (Å²) in [6.07, 6.45) is 3.51. The minimum atomic E-state index is -0.341. The largest absolute Gasteiger partial charge is 0.469 e. The summed E-state index contributed by atoms with van der Waals surface area (Å²) in [4.78, 5) is 23.3. The molecule has 3 atom stereocenters. The van der Waals surface area contributed by atoms with E-state index in [1.807, 2.05) is 6.92 Å². The van der Waals surface area contributed by atoms with Gasteiger partial charge in [-0.1, -0.05) is 6.92 Å². The summed E-state index contributed by atoms with van der Waals surface area (Å²) in [7, 11) is 1.38. The van der Waals surface area contributed by atoms with Gasteiger partial charge in [-0.05, 0) is 25.7 Å². The Labute approximate surface area is 95.3 Å². The van der Waals surface area contributed by atoms with Gasteiger partial charge in [0.15, 0.2) is 5.78 Å². The molecule has 2 aliphatic rings. The Morgan fingerprint density at radius 3 is 3.00 bits per heavy atom. The first-order chi connectivity index (χ1) is 7.63. The van der Waals surface area contributed by atoms with E-state index in [0.29, 0.717) is 12.8 Å². The molecule has 1 heterocycles. The summed E-state index contributed by atoms with van der Waals surface area (Å²) in [5, 5.41) is 0. The monoisotopic (exact) mass is 226 g/mol. The van der Waals surface area contributed by atoms with Crippen LogP contribution in [0.4, 0.5) is 0 Å². The first kappa shape index (κ1) is 11.6. The smallest absolute Gasteiger partial charge is 0.305 e. The highest BCUT2D eigenvalue weighted by atomic mass is 16.6. The van der Waals surface area contributed by atoms with Gasteiger partial charge in [-0.3, -0.25) is 9.59 Å². The molecule has 2 fully saturated rings. The fourth-order valence-corrected chi connectivity index (χ4v) is 2.66. The number of hydrogen-bond acceptors (Lipinski definition) is 4. The van der Waals surface area contributed by atoms with Crippen LogP contribution in [0.15, 0.2) is 0 Å². The van der Waals surface area contributed by atoms with Gasteiger partial charge in [0, 0.05) is 11.8 Å². The van der Waals surface area contributed by atoms with Gasteiger partial charge in [-0.2, -0.15) is 0 Å². The lowest BCUT2D eigenvalue weighted by molar-refractivity contribution is -0.142. The molecule has 4 nitrogen and oxygen atoms in total. The zero-order valence-corrected chi connectivity index (χ0v) is 9.82. The first-order valence-electron chi connectivity index (χ1n) is 5.89. The van der Waals surface area contributed by atoms with Crippen LogP contribution in [0.2, 0.25) is 0 Å². The number of hydrogen-bond donors (Lipinski definition) is 0. The van der Waals surface area contributed by atoms with Crippen LogP contribution in [0.5, 0.6) is 0 Å². The van der Waals surface area contributed by atoms with Crippen LogP contribution in [-0.4, -0.2) is 31.1 Å². The number of carbonyl (C=O) groups excluding carboxylic acids is 2. The van der Waals surface area contributed by atoms with Crippen molar-refractivity contribution in [2.75, 3.05) is 7.11 Å². The van der Waals surface area contributed by atoms with Crippen LogP contribution < -0.4 is 0 Å². The molecule has 4 heteroatoms. The molecule has 0 aromatic heterocycles. The van der Waals surface area contributed by atoms with Crippen molar-refractivity contribution in [1.82, 2.24) is 0 Å². The molecule has 0 N–H and O–H groups in total. The molecule has 2 unspecified atom stereocenters. The molecule has 90 valence electrons. The molecule has 0 amide bonds. The summed E-state index contributed by atoms with van der Waals surface area (Å²) in [6, 6.07) is 0. The number of methoxy groups -OCH3 is 1. The Hall–Kier alpha value is -0.900. The average Bonchev–Trinajstić information content (AvgIpc) is 3.08. The van der Waals surface area contributed by atoms with Crippen LogP contribution >= 0.6 is 0 Å². The molecule has 0 spiro atoms. The van der Waals surface area contributed by atoms with Gasteiger partial charge in [0.25, 0.3) is 0 Å². The predicted octanol–water partition coefficient (Wildman–Crippen LogP) is 1.47. The lowest BCUT2D eigenvalue weighted by Crippen LogP contribution is -2.39. The highest BCUT2D eigenvalue weighted by Crippen LogP contribution is 2.47. The van der Waals surface area contributed by atoms with Crippen molar-refractivity contribution in [1.29, 1.82) is 0 Å². The number of esters is 1. The Kier molecular flexibility index (Phi) is 3.02. The zero-order valence-electron chi connectivity index (χ0n) is 9.82. The Morgan fingerprint density at radius 1 is 1.62 bits per heavy atom. The number of ketones is 1. The molecule has 0 aromatic carbocycles. The molecule has 16 heavy (non-hydrogen) atoms. The van der Waals surface area contributed by atoms with E-state index in [0.717, 1.165) is 19.3 Å². The molecule has 1 aliphatic heterocycles. The summed E-state index contributed by atoms with van der Waals surface area (Å²) in [5.41, 5.74) is -0.341. The van der Waals surface area contributed by atoms with Crippen molar-refractivity contribution in [2.24, 2.45) is 5.41 Å². The van der Waals surface area contributed by atoms with Crippen LogP contribution in [-0.2, 0) is 19.1 Å². The fraction of sp³-hybridized carbons (Fsp3) is 0.833. The summed E-state index contributed by atoms with van der Waals surface area (Å²) >= 11 is 0. The summed E-state index contributed by atoms with van der Waals surface area (Å²) < 4.78 is 9.94. The molecule has 0 aromatic rings. The highest BCUT2D eigenvalue weighted by Gasteiger charge is 2.56. The number of Topliss-reactive ketones (excluding diaryl/α,β-unsaturated/α-hetero) is 1.